The summed E-state index contributed by atoms with van der Waals surface area (Å²) in [5, 5.41) is 8.11. The van der Waals surface area contributed by atoms with Gasteiger partial charge in [0.05, 0.1) is 11.1 Å². The van der Waals surface area contributed by atoms with Crippen LogP contribution in [0.2, 0.25) is 0 Å². The monoisotopic (exact) mass is 680 g/mol. The predicted octanol–water partition coefficient (Wildman–Crippen LogP) is 9.91. The summed E-state index contributed by atoms with van der Waals surface area (Å²) in [5.41, 5.74) is 1.09. The zero-order valence-corrected chi connectivity index (χ0v) is 25.4. The maximum Gasteiger partial charge on any atom is 0.416 e. The van der Waals surface area contributed by atoms with Gasteiger partial charge in [-0.15, -0.1) is 0 Å². The van der Waals surface area contributed by atoms with E-state index in [1.165, 1.54) is 36.4 Å². The van der Waals surface area contributed by atoms with E-state index in [-0.39, 0.29) is 37.6 Å². The highest BCUT2D eigenvalue weighted by molar-refractivity contribution is 5.60. The average molecular weight is 681 g/mol. The van der Waals surface area contributed by atoms with E-state index in [1.807, 2.05) is 0 Å². The third-order valence-electron chi connectivity index (χ3n) is 7.34. The number of alkyl halides is 6. The topological polar surface area (TPSA) is 79.8 Å². The summed E-state index contributed by atoms with van der Waals surface area (Å²) in [7, 11) is 0. The highest BCUT2D eigenvalue weighted by Gasteiger charge is 2.33. The molecular weight excluding hydrogens is 654 g/mol. The average Bonchev–Trinajstić information content (AvgIpc) is 3.77. The molecule has 0 atom stereocenters. The number of hydrogen-bond donors (Lipinski definition) is 0. The van der Waals surface area contributed by atoms with Crippen LogP contribution in [-0.2, 0) is 43.5 Å². The van der Waals surface area contributed by atoms with Crippen LogP contribution in [-0.4, -0.2) is 10.3 Å². The summed E-state index contributed by atoms with van der Waals surface area (Å²) in [5.74, 6) is 1.70. The molecule has 0 unspecified atom stereocenters. The molecule has 0 bridgehead atoms. The van der Waals surface area contributed by atoms with Crippen molar-refractivity contribution in [2.45, 2.75) is 38.8 Å². The molecule has 0 saturated carbocycles. The number of aromatic nitrogens is 2. The van der Waals surface area contributed by atoms with E-state index >= 15 is 0 Å². The fourth-order valence-electron chi connectivity index (χ4n) is 4.90. The fourth-order valence-corrected chi connectivity index (χ4v) is 4.90. The molecule has 0 spiro atoms. The van der Waals surface area contributed by atoms with Crippen molar-refractivity contribution in [3.63, 3.8) is 0 Å². The molecule has 0 aliphatic rings. The van der Waals surface area contributed by atoms with Crippen molar-refractivity contribution in [2.75, 3.05) is 0 Å². The lowest BCUT2D eigenvalue weighted by Gasteiger charge is -2.13. The predicted molar refractivity (Wildman–Crippen MR) is 164 cm³/mol. The molecular formula is C36H26F6N2O5. The van der Waals surface area contributed by atoms with E-state index in [2.05, 4.69) is 10.3 Å². The first kappa shape index (κ1) is 33.3. The Morgan fingerprint density at radius 2 is 0.878 bits per heavy atom. The molecule has 2 aromatic heterocycles. The Kier molecular flexibility index (Phi) is 9.72. The lowest BCUT2D eigenvalue weighted by atomic mass is 10.1. The van der Waals surface area contributed by atoms with E-state index in [9.17, 15) is 26.3 Å². The summed E-state index contributed by atoms with van der Waals surface area (Å²) < 4.78 is 107. The minimum Gasteiger partial charge on any atom is -0.489 e. The van der Waals surface area contributed by atoms with Crippen LogP contribution in [0, 0.1) is 0 Å². The smallest absolute Gasteiger partial charge is 0.416 e. The maximum absolute atomic E-state index is 13.2. The number of nitrogens with zero attached hydrogens (tertiary/aromatic N) is 2. The fraction of sp³-hybridized carbons (Fsp3) is 0.167. The lowest BCUT2D eigenvalue weighted by Crippen LogP contribution is -2.10. The molecule has 13 heteroatoms. The summed E-state index contributed by atoms with van der Waals surface area (Å²) in [6, 6.07) is 27.3. The second-order valence-electron chi connectivity index (χ2n) is 10.8. The number of rotatable bonds is 12. The largest absolute Gasteiger partial charge is 0.489 e. The van der Waals surface area contributed by atoms with E-state index in [4.69, 9.17) is 23.3 Å². The van der Waals surface area contributed by atoms with Crippen LogP contribution in [0.5, 0.6) is 11.5 Å². The van der Waals surface area contributed by atoms with Gasteiger partial charge in [0.25, 0.3) is 0 Å². The Balaban J connectivity index is 0.972. The minimum atomic E-state index is -4.47. The van der Waals surface area contributed by atoms with Gasteiger partial charge in [0.15, 0.2) is 11.5 Å². The molecule has 252 valence electrons. The molecule has 0 N–H and O–H groups in total. The summed E-state index contributed by atoms with van der Waals surface area (Å²) in [6.45, 7) is -0.291. The third-order valence-corrected chi connectivity index (χ3v) is 7.34. The van der Waals surface area contributed by atoms with Crippen LogP contribution in [0.1, 0.15) is 33.8 Å². The quantitative estimate of drug-likeness (QED) is 0.119. The van der Waals surface area contributed by atoms with Gasteiger partial charge < -0.3 is 23.3 Å². The molecule has 6 rings (SSSR count). The zero-order valence-electron chi connectivity index (χ0n) is 25.4. The Labute approximate surface area is 275 Å². The SMILES string of the molecule is FC(F)(F)c1ccccc1COc1ccc(-c2cc(COCc3cc(-c4ccc(OCc5ccccc5C(F)(F)F)cc4)no3)on2)cc1. The summed E-state index contributed by atoms with van der Waals surface area (Å²) >= 11 is 0. The Bertz CT molecular complexity index is 1840. The Morgan fingerprint density at radius 1 is 0.490 bits per heavy atom. The van der Waals surface area contributed by atoms with Crippen LogP contribution in [0.15, 0.2) is 118 Å². The van der Waals surface area contributed by atoms with Crippen molar-refractivity contribution in [2.24, 2.45) is 0 Å². The molecule has 0 aliphatic carbocycles. The second kappa shape index (κ2) is 14.3. The van der Waals surface area contributed by atoms with Crippen molar-refractivity contribution in [1.82, 2.24) is 10.3 Å². The van der Waals surface area contributed by atoms with E-state index in [1.54, 1.807) is 60.7 Å². The molecule has 49 heavy (non-hydrogen) atoms. The lowest BCUT2D eigenvalue weighted by molar-refractivity contribution is -0.139. The van der Waals surface area contributed by atoms with Crippen LogP contribution in [0.25, 0.3) is 22.5 Å². The van der Waals surface area contributed by atoms with Gasteiger partial charge in [0.1, 0.15) is 49.3 Å². The second-order valence-corrected chi connectivity index (χ2v) is 10.8. The highest BCUT2D eigenvalue weighted by atomic mass is 19.4. The van der Waals surface area contributed by atoms with Gasteiger partial charge in [-0.3, -0.25) is 0 Å². The first-order valence-electron chi connectivity index (χ1n) is 14.8. The molecule has 0 saturated heterocycles. The molecule has 7 nitrogen and oxygen atoms in total. The van der Waals surface area contributed by atoms with Crippen LogP contribution < -0.4 is 9.47 Å². The van der Waals surface area contributed by atoms with Crippen molar-refractivity contribution in [1.29, 1.82) is 0 Å². The molecule has 0 radical (unpaired) electrons. The normalized spacial score (nSPS) is 11.9. The third kappa shape index (κ3) is 8.49. The van der Waals surface area contributed by atoms with Gasteiger partial charge in [0, 0.05) is 34.4 Å². The van der Waals surface area contributed by atoms with E-state index < -0.39 is 23.5 Å². The molecule has 6 aromatic rings. The Hall–Kier alpha value is -5.56. The van der Waals surface area contributed by atoms with Gasteiger partial charge in [-0.1, -0.05) is 46.7 Å². The summed E-state index contributed by atoms with van der Waals surface area (Å²) in [4.78, 5) is 0. The van der Waals surface area contributed by atoms with E-state index in [0.29, 0.717) is 45.5 Å². The van der Waals surface area contributed by atoms with Crippen LogP contribution in [0.4, 0.5) is 26.3 Å². The van der Waals surface area contributed by atoms with Gasteiger partial charge in [-0.2, -0.15) is 26.3 Å². The number of hydrogen-bond acceptors (Lipinski definition) is 7. The highest BCUT2D eigenvalue weighted by Crippen LogP contribution is 2.34. The number of benzene rings is 4. The minimum absolute atomic E-state index is 0.0386. The zero-order chi connectivity index (χ0) is 34.4. The van der Waals surface area contributed by atoms with Crippen molar-refractivity contribution in [3.8, 4) is 34.0 Å². The van der Waals surface area contributed by atoms with Crippen molar-refractivity contribution < 1.29 is 49.6 Å². The standard InChI is InChI=1S/C36H26F6N2O5/c37-35(38,39)31-7-3-1-5-25(31)19-46-27-13-9-23(10-14-27)33-17-29(48-43-33)21-45-22-30-18-34(44-49-30)24-11-15-28(16-12-24)47-20-26-6-2-4-8-32(26)36(40,41)42/h1-18H,19-22H2. The van der Waals surface area contributed by atoms with Crippen LogP contribution >= 0.6 is 0 Å². The van der Waals surface area contributed by atoms with Crippen molar-refractivity contribution >= 4 is 0 Å². The van der Waals surface area contributed by atoms with Gasteiger partial charge in [-0.05, 0) is 60.7 Å². The molecule has 4 aromatic carbocycles. The number of ether oxygens (including phenoxy) is 3. The Morgan fingerprint density at radius 3 is 1.27 bits per heavy atom. The van der Waals surface area contributed by atoms with E-state index in [0.717, 1.165) is 12.1 Å². The first-order valence-corrected chi connectivity index (χ1v) is 14.8. The number of halogens is 6. The van der Waals surface area contributed by atoms with Crippen molar-refractivity contribution in [3.05, 3.63) is 143 Å². The summed E-state index contributed by atoms with van der Waals surface area (Å²) in [6.07, 6.45) is -8.94. The maximum atomic E-state index is 13.2. The van der Waals surface area contributed by atoms with Gasteiger partial charge >= 0.3 is 12.4 Å². The van der Waals surface area contributed by atoms with Crippen LogP contribution in [0.3, 0.4) is 0 Å². The van der Waals surface area contributed by atoms with Gasteiger partial charge in [0.2, 0.25) is 0 Å². The van der Waals surface area contributed by atoms with Gasteiger partial charge in [-0.25, -0.2) is 0 Å². The first-order chi connectivity index (χ1) is 23.5. The molecule has 0 fully saturated rings. The molecule has 0 amide bonds. The molecule has 2 heterocycles. The molecule has 0 aliphatic heterocycles.